The zero-order valence-electron chi connectivity index (χ0n) is 21.4. The van der Waals surface area contributed by atoms with Gasteiger partial charge in [-0.1, -0.05) is 36.1 Å². The summed E-state index contributed by atoms with van der Waals surface area (Å²) in [6, 6.07) is 15.4. The summed E-state index contributed by atoms with van der Waals surface area (Å²) < 4.78 is 13.1. The molecule has 2 N–H and O–H groups in total. The van der Waals surface area contributed by atoms with Gasteiger partial charge in [-0.05, 0) is 42.3 Å². The van der Waals surface area contributed by atoms with Crippen LogP contribution in [-0.2, 0) is 4.74 Å². The van der Waals surface area contributed by atoms with Crippen LogP contribution in [-0.4, -0.2) is 87.7 Å². The third kappa shape index (κ3) is 5.83. The molecule has 0 bridgehead atoms. The van der Waals surface area contributed by atoms with E-state index in [2.05, 4.69) is 16.8 Å². The van der Waals surface area contributed by atoms with Gasteiger partial charge in [-0.15, -0.1) is 0 Å². The maximum atomic E-state index is 12.5. The molecule has 2 aromatic carbocycles. The van der Waals surface area contributed by atoms with Gasteiger partial charge in [0.1, 0.15) is 29.8 Å². The first-order valence-corrected chi connectivity index (χ1v) is 12.8. The monoisotopic (exact) mass is 516 g/mol. The van der Waals surface area contributed by atoms with Crippen molar-refractivity contribution in [3.8, 4) is 28.7 Å². The van der Waals surface area contributed by atoms with Gasteiger partial charge in [0.2, 0.25) is 0 Å². The van der Waals surface area contributed by atoms with Crippen LogP contribution in [0.3, 0.4) is 0 Å². The fraction of sp³-hybridized carbons (Fsp3) is 0.379. The van der Waals surface area contributed by atoms with Crippen molar-refractivity contribution in [2.45, 2.75) is 25.2 Å². The van der Waals surface area contributed by atoms with E-state index in [1.54, 1.807) is 23.9 Å². The Bertz CT molecular complexity index is 1280. The molecule has 5 rings (SSSR count). The fourth-order valence-electron chi connectivity index (χ4n) is 4.57. The zero-order chi connectivity index (χ0) is 26.5. The van der Waals surface area contributed by atoms with Gasteiger partial charge in [-0.2, -0.15) is 0 Å². The number of urea groups is 1. The number of carbonyl (C=O) groups is 1. The van der Waals surface area contributed by atoms with E-state index >= 15 is 0 Å². The van der Waals surface area contributed by atoms with Crippen molar-refractivity contribution >= 4 is 6.03 Å². The molecule has 0 aliphatic carbocycles. The lowest BCUT2D eigenvalue weighted by Crippen LogP contribution is -2.60. The maximum Gasteiger partial charge on any atom is 0.320 e. The number of morpholine rings is 1. The quantitative estimate of drug-likeness (QED) is 0.489. The molecule has 2 atom stereocenters. The minimum Gasteiger partial charge on any atom is -0.487 e. The van der Waals surface area contributed by atoms with E-state index in [1.165, 1.54) is 0 Å². The van der Waals surface area contributed by atoms with Crippen LogP contribution in [0.5, 0.6) is 5.75 Å². The minimum atomic E-state index is -0.745. The predicted molar refractivity (Wildman–Crippen MR) is 142 cm³/mol. The first kappa shape index (κ1) is 25.8. The summed E-state index contributed by atoms with van der Waals surface area (Å²) in [6.45, 7) is 5.14. The number of hydrogen-bond acceptors (Lipinski definition) is 6. The molecule has 0 unspecified atom stereocenters. The van der Waals surface area contributed by atoms with Gasteiger partial charge >= 0.3 is 6.03 Å². The molecule has 1 aromatic heterocycles. The number of aromatic nitrogens is 2. The molecule has 0 spiro atoms. The second-order valence-corrected chi connectivity index (χ2v) is 9.46. The highest BCUT2D eigenvalue weighted by Gasteiger charge is 2.35. The van der Waals surface area contributed by atoms with E-state index in [9.17, 15) is 15.0 Å². The summed E-state index contributed by atoms with van der Waals surface area (Å²) >= 11 is 0. The van der Waals surface area contributed by atoms with E-state index < -0.39 is 12.1 Å². The van der Waals surface area contributed by atoms with Crippen LogP contribution >= 0.6 is 0 Å². The van der Waals surface area contributed by atoms with Gasteiger partial charge in [0.15, 0.2) is 0 Å². The van der Waals surface area contributed by atoms with Crippen LogP contribution in [0, 0.1) is 11.8 Å². The number of rotatable bonds is 6. The molecule has 9 heteroatoms. The topological polar surface area (TPSA) is 100 Å². The number of carbonyl (C=O) groups excluding carboxylic acids is 1. The van der Waals surface area contributed by atoms with Crippen molar-refractivity contribution < 1.29 is 24.5 Å². The Morgan fingerprint density at radius 3 is 2.37 bits per heavy atom. The van der Waals surface area contributed by atoms with E-state index in [1.807, 2.05) is 58.3 Å². The lowest BCUT2D eigenvalue weighted by Gasteiger charge is -2.42. The van der Waals surface area contributed by atoms with Crippen molar-refractivity contribution in [1.29, 1.82) is 0 Å². The first-order valence-electron chi connectivity index (χ1n) is 12.8. The van der Waals surface area contributed by atoms with Gasteiger partial charge in [0.25, 0.3) is 0 Å². The summed E-state index contributed by atoms with van der Waals surface area (Å²) in [5.41, 5.74) is 2.94. The Labute approximate surface area is 222 Å². The molecule has 2 fully saturated rings. The largest absolute Gasteiger partial charge is 0.487 e. The number of amides is 2. The normalized spacial score (nSPS) is 17.2. The van der Waals surface area contributed by atoms with Crippen LogP contribution in [0.4, 0.5) is 4.79 Å². The second-order valence-electron chi connectivity index (χ2n) is 9.46. The van der Waals surface area contributed by atoms with E-state index in [0.29, 0.717) is 45.2 Å². The molecule has 198 valence electrons. The molecule has 38 heavy (non-hydrogen) atoms. The Kier molecular flexibility index (Phi) is 7.94. The molecule has 0 saturated carbocycles. The number of nitrogens with zero attached hydrogens (tertiary/aromatic N) is 4. The number of hydrogen-bond donors (Lipinski definition) is 2. The zero-order valence-corrected chi connectivity index (χ0v) is 21.4. The number of benzene rings is 2. The van der Waals surface area contributed by atoms with Crippen LogP contribution in [0.15, 0.2) is 60.9 Å². The van der Waals surface area contributed by atoms with Crippen molar-refractivity contribution in [1.82, 2.24) is 19.4 Å². The summed E-state index contributed by atoms with van der Waals surface area (Å²) in [4.78, 5) is 20.3. The van der Waals surface area contributed by atoms with Crippen LogP contribution < -0.4 is 4.74 Å². The molecular weight excluding hydrogens is 484 g/mol. The second kappa shape index (κ2) is 11.7. The van der Waals surface area contributed by atoms with Gasteiger partial charge in [0, 0.05) is 31.0 Å². The molecular formula is C29H32N4O5. The van der Waals surface area contributed by atoms with E-state index in [0.717, 1.165) is 22.4 Å². The van der Waals surface area contributed by atoms with Crippen molar-refractivity contribution in [2.24, 2.45) is 0 Å². The summed E-state index contributed by atoms with van der Waals surface area (Å²) in [7, 11) is 0. The molecule has 3 aromatic rings. The van der Waals surface area contributed by atoms with Gasteiger partial charge in [-0.3, -0.25) is 0 Å². The first-order chi connectivity index (χ1) is 18.5. The smallest absolute Gasteiger partial charge is 0.320 e. The third-order valence-corrected chi connectivity index (χ3v) is 6.74. The Morgan fingerprint density at radius 1 is 1.08 bits per heavy atom. The molecule has 2 aliphatic heterocycles. The number of likely N-dealkylation sites (tertiary alicyclic amines) is 1. The van der Waals surface area contributed by atoms with Crippen molar-refractivity contribution in [3.05, 3.63) is 72.3 Å². The number of imidazole rings is 1. The fourth-order valence-corrected chi connectivity index (χ4v) is 4.57. The van der Waals surface area contributed by atoms with Gasteiger partial charge in [-0.25, -0.2) is 9.78 Å². The van der Waals surface area contributed by atoms with Crippen LogP contribution in [0.2, 0.25) is 0 Å². The van der Waals surface area contributed by atoms with Crippen LogP contribution in [0.25, 0.3) is 11.1 Å². The van der Waals surface area contributed by atoms with Crippen molar-refractivity contribution in [2.75, 3.05) is 46.0 Å². The average molecular weight is 517 g/mol. The highest BCUT2D eigenvalue weighted by Crippen LogP contribution is 2.25. The summed E-state index contributed by atoms with van der Waals surface area (Å²) in [5, 5.41) is 19.7. The SMILES string of the molecule is C[C@H](O)c1nccn1[C@@H](C#Cc1ccc(-c2ccc(OC3CN(C(=O)N4CCOCC4)C3)cc2)cc1)CO. The Hall–Kier alpha value is -3.84. The molecule has 2 saturated heterocycles. The highest BCUT2D eigenvalue weighted by molar-refractivity contribution is 5.75. The van der Waals surface area contributed by atoms with Gasteiger partial charge in [0.05, 0.1) is 32.9 Å². The molecule has 9 nitrogen and oxygen atoms in total. The molecule has 3 heterocycles. The summed E-state index contributed by atoms with van der Waals surface area (Å²) in [5.74, 6) is 7.43. The third-order valence-electron chi connectivity index (χ3n) is 6.74. The van der Waals surface area contributed by atoms with Crippen LogP contribution in [0.1, 0.15) is 30.5 Å². The molecule has 2 aliphatic rings. The minimum absolute atomic E-state index is 0.00503. The van der Waals surface area contributed by atoms with E-state index in [-0.39, 0.29) is 18.7 Å². The summed E-state index contributed by atoms with van der Waals surface area (Å²) in [6.07, 6.45) is 2.56. The highest BCUT2D eigenvalue weighted by atomic mass is 16.5. The lowest BCUT2D eigenvalue weighted by molar-refractivity contribution is 0.00727. The average Bonchev–Trinajstić information content (AvgIpc) is 3.42. The molecule has 2 amide bonds. The van der Waals surface area contributed by atoms with Gasteiger partial charge < -0.3 is 34.1 Å². The Morgan fingerprint density at radius 2 is 1.74 bits per heavy atom. The number of aliphatic hydroxyl groups is 2. The maximum absolute atomic E-state index is 12.5. The predicted octanol–water partition coefficient (Wildman–Crippen LogP) is 2.70. The number of aliphatic hydroxyl groups excluding tert-OH is 2. The molecule has 0 radical (unpaired) electrons. The van der Waals surface area contributed by atoms with E-state index in [4.69, 9.17) is 9.47 Å². The standard InChI is InChI=1S/C29H32N4O5/c1-21(35)28-30-12-13-33(28)25(20-34)9-4-22-2-5-23(6-3-22)24-7-10-26(11-8-24)38-27-18-32(19-27)29(36)31-14-16-37-17-15-31/h2-3,5-8,10-13,21,25,27,34-35H,14-20H2,1H3/t21-,25-/m0/s1. The van der Waals surface area contributed by atoms with Crippen molar-refractivity contribution in [3.63, 3.8) is 0 Å². The number of ether oxygens (including phenoxy) is 2. The Balaban J connectivity index is 1.15. The lowest BCUT2D eigenvalue weighted by atomic mass is 10.0.